The lowest BCUT2D eigenvalue weighted by molar-refractivity contribution is 0.0695. The molecule has 0 aliphatic heterocycles. The van der Waals surface area contributed by atoms with Crippen LogP contribution >= 0.6 is 15.9 Å². The van der Waals surface area contributed by atoms with Crippen LogP contribution in [0, 0.1) is 0 Å². The van der Waals surface area contributed by atoms with Crippen LogP contribution in [-0.2, 0) is 17.2 Å². The molecule has 2 unspecified atom stereocenters. The number of carboxylic acid groups (broad SMARTS) is 1. The van der Waals surface area contributed by atoms with Crippen LogP contribution in [0.1, 0.15) is 27.4 Å². The van der Waals surface area contributed by atoms with Crippen molar-refractivity contribution in [1.29, 1.82) is 0 Å². The van der Waals surface area contributed by atoms with Crippen molar-refractivity contribution in [3.63, 3.8) is 0 Å². The molecular weight excluding hydrogens is 352 g/mol. The molecule has 1 aliphatic carbocycles. The van der Waals surface area contributed by atoms with Crippen molar-refractivity contribution in [2.45, 2.75) is 17.2 Å². The SMILES string of the molecule is O=C(O)c1cc(S(=O)CC2Cc3ccccc32)ccc1Br. The third-order valence-corrected chi connectivity index (χ3v) is 5.92. The van der Waals surface area contributed by atoms with Crippen molar-refractivity contribution < 1.29 is 14.1 Å². The van der Waals surface area contributed by atoms with E-state index in [2.05, 4.69) is 28.1 Å². The van der Waals surface area contributed by atoms with E-state index in [-0.39, 0.29) is 5.56 Å². The highest BCUT2D eigenvalue weighted by Gasteiger charge is 2.27. The van der Waals surface area contributed by atoms with Gasteiger partial charge in [0.15, 0.2) is 0 Å². The first-order valence-corrected chi connectivity index (χ1v) is 8.66. The van der Waals surface area contributed by atoms with Crippen molar-refractivity contribution in [3.8, 4) is 0 Å². The average molecular weight is 365 g/mol. The Kier molecular flexibility index (Phi) is 3.95. The van der Waals surface area contributed by atoms with Gasteiger partial charge >= 0.3 is 5.97 Å². The number of aromatic carboxylic acids is 1. The molecule has 0 aromatic heterocycles. The monoisotopic (exact) mass is 364 g/mol. The lowest BCUT2D eigenvalue weighted by Gasteiger charge is -2.29. The summed E-state index contributed by atoms with van der Waals surface area (Å²) in [6.45, 7) is 0. The zero-order chi connectivity index (χ0) is 15.0. The van der Waals surface area contributed by atoms with Crippen LogP contribution in [-0.4, -0.2) is 21.0 Å². The number of halogens is 1. The molecule has 0 bridgehead atoms. The second-order valence-electron chi connectivity index (χ2n) is 5.06. The lowest BCUT2D eigenvalue weighted by atomic mass is 9.79. The smallest absolute Gasteiger partial charge is 0.336 e. The fourth-order valence-electron chi connectivity index (χ4n) is 2.60. The molecule has 0 saturated carbocycles. The number of rotatable bonds is 4. The van der Waals surface area contributed by atoms with Crippen LogP contribution in [0.5, 0.6) is 0 Å². The highest BCUT2D eigenvalue weighted by Crippen LogP contribution is 2.36. The largest absolute Gasteiger partial charge is 0.478 e. The van der Waals surface area contributed by atoms with Crippen LogP contribution in [0.25, 0.3) is 0 Å². The third-order valence-electron chi connectivity index (χ3n) is 3.74. The summed E-state index contributed by atoms with van der Waals surface area (Å²) < 4.78 is 13.0. The zero-order valence-corrected chi connectivity index (χ0v) is 13.5. The molecule has 0 amide bonds. The Morgan fingerprint density at radius 2 is 2.05 bits per heavy atom. The van der Waals surface area contributed by atoms with E-state index >= 15 is 0 Å². The normalized spacial score (nSPS) is 17.7. The maximum absolute atomic E-state index is 12.4. The van der Waals surface area contributed by atoms with Crippen molar-refractivity contribution >= 4 is 32.7 Å². The van der Waals surface area contributed by atoms with Crippen LogP contribution < -0.4 is 0 Å². The van der Waals surface area contributed by atoms with Gasteiger partial charge in [0.05, 0.1) is 16.4 Å². The van der Waals surface area contributed by atoms with Crippen LogP contribution in [0.4, 0.5) is 0 Å². The van der Waals surface area contributed by atoms with Gasteiger partial charge in [0.1, 0.15) is 0 Å². The van der Waals surface area contributed by atoms with E-state index in [1.165, 1.54) is 17.2 Å². The summed E-state index contributed by atoms with van der Waals surface area (Å²) in [6, 6.07) is 13.0. The number of carboxylic acids is 1. The van der Waals surface area contributed by atoms with Crippen LogP contribution in [0.2, 0.25) is 0 Å². The molecule has 21 heavy (non-hydrogen) atoms. The molecule has 0 radical (unpaired) electrons. The Morgan fingerprint density at radius 3 is 2.76 bits per heavy atom. The zero-order valence-electron chi connectivity index (χ0n) is 11.1. The quantitative estimate of drug-likeness (QED) is 0.901. The van der Waals surface area contributed by atoms with E-state index in [4.69, 9.17) is 5.11 Å². The van der Waals surface area contributed by atoms with E-state index in [0.29, 0.717) is 21.0 Å². The molecule has 5 heteroatoms. The summed E-state index contributed by atoms with van der Waals surface area (Å²) in [6.07, 6.45) is 0.949. The summed E-state index contributed by atoms with van der Waals surface area (Å²) in [5, 5.41) is 9.11. The summed E-state index contributed by atoms with van der Waals surface area (Å²) >= 11 is 3.20. The summed E-state index contributed by atoms with van der Waals surface area (Å²) in [7, 11) is -1.19. The van der Waals surface area contributed by atoms with E-state index in [9.17, 15) is 9.00 Å². The molecule has 0 spiro atoms. The van der Waals surface area contributed by atoms with E-state index in [0.717, 1.165) is 6.42 Å². The number of benzene rings is 2. The van der Waals surface area contributed by atoms with Gasteiger partial charge in [0, 0.05) is 21.0 Å². The molecule has 0 saturated heterocycles. The predicted octanol–water partition coefficient (Wildman–Crippen LogP) is 3.59. The van der Waals surface area contributed by atoms with Crippen molar-refractivity contribution in [2.75, 3.05) is 5.75 Å². The molecule has 1 N–H and O–H groups in total. The van der Waals surface area contributed by atoms with Gasteiger partial charge in [-0.25, -0.2) is 4.79 Å². The molecule has 1 aliphatic rings. The topological polar surface area (TPSA) is 54.4 Å². The number of fused-ring (bicyclic) bond motifs is 1. The van der Waals surface area contributed by atoms with Crippen molar-refractivity contribution in [2.24, 2.45) is 0 Å². The highest BCUT2D eigenvalue weighted by atomic mass is 79.9. The van der Waals surface area contributed by atoms with E-state index in [1.54, 1.807) is 12.1 Å². The third kappa shape index (κ3) is 2.80. The minimum absolute atomic E-state index is 0.148. The van der Waals surface area contributed by atoms with Gasteiger partial charge in [-0.15, -0.1) is 0 Å². The van der Waals surface area contributed by atoms with Gasteiger partial charge in [0.25, 0.3) is 0 Å². The van der Waals surface area contributed by atoms with Crippen LogP contribution in [0.15, 0.2) is 51.8 Å². The van der Waals surface area contributed by atoms with Gasteiger partial charge in [-0.05, 0) is 51.7 Å². The minimum atomic E-state index is -1.19. The Hall–Kier alpha value is -1.46. The first-order valence-electron chi connectivity index (χ1n) is 6.55. The Balaban J connectivity index is 1.78. The summed E-state index contributed by atoms with van der Waals surface area (Å²) in [4.78, 5) is 11.7. The van der Waals surface area contributed by atoms with Gasteiger partial charge < -0.3 is 5.11 Å². The maximum Gasteiger partial charge on any atom is 0.336 e. The molecule has 0 fully saturated rings. The predicted molar refractivity (Wildman–Crippen MR) is 85.3 cm³/mol. The van der Waals surface area contributed by atoms with Gasteiger partial charge in [-0.1, -0.05) is 24.3 Å². The number of carbonyl (C=O) groups is 1. The second-order valence-corrected chi connectivity index (χ2v) is 7.41. The highest BCUT2D eigenvalue weighted by molar-refractivity contribution is 9.10. The molecule has 108 valence electrons. The Labute approximate surface area is 133 Å². The van der Waals surface area contributed by atoms with Gasteiger partial charge in [-0.3, -0.25) is 4.21 Å². The maximum atomic E-state index is 12.4. The Morgan fingerprint density at radius 1 is 1.29 bits per heavy atom. The van der Waals surface area contributed by atoms with E-state index in [1.807, 2.05) is 12.1 Å². The molecule has 2 atom stereocenters. The van der Waals surface area contributed by atoms with Crippen molar-refractivity contribution in [3.05, 3.63) is 63.6 Å². The molecule has 2 aromatic carbocycles. The molecule has 2 aromatic rings. The Bertz CT molecular complexity index is 742. The van der Waals surface area contributed by atoms with Crippen molar-refractivity contribution in [1.82, 2.24) is 0 Å². The molecule has 3 nitrogen and oxygen atoms in total. The van der Waals surface area contributed by atoms with Gasteiger partial charge in [-0.2, -0.15) is 0 Å². The molecule has 3 rings (SSSR count). The molecular formula is C16H13BrO3S. The van der Waals surface area contributed by atoms with Gasteiger partial charge in [0.2, 0.25) is 0 Å². The standard InChI is InChI=1S/C16H13BrO3S/c17-15-6-5-12(8-14(15)16(18)19)21(20)9-11-7-10-3-1-2-4-13(10)11/h1-6,8,11H,7,9H2,(H,18,19). The first kappa shape index (κ1) is 14.5. The average Bonchev–Trinajstić information content (AvgIpc) is 2.44. The fourth-order valence-corrected chi connectivity index (χ4v) is 4.34. The lowest BCUT2D eigenvalue weighted by Crippen LogP contribution is -2.22. The molecule has 0 heterocycles. The summed E-state index contributed by atoms with van der Waals surface area (Å²) in [5.41, 5.74) is 2.73. The number of hydrogen-bond donors (Lipinski definition) is 1. The fraction of sp³-hybridized carbons (Fsp3) is 0.188. The van der Waals surface area contributed by atoms with Crippen LogP contribution in [0.3, 0.4) is 0 Å². The second kappa shape index (κ2) is 5.73. The van der Waals surface area contributed by atoms with E-state index < -0.39 is 16.8 Å². The minimum Gasteiger partial charge on any atom is -0.478 e. The first-order chi connectivity index (χ1) is 10.1. The summed E-state index contributed by atoms with van der Waals surface area (Å²) in [5.74, 6) is -0.175. The number of hydrogen-bond acceptors (Lipinski definition) is 2.